The van der Waals surface area contributed by atoms with E-state index in [0.29, 0.717) is 33.3 Å². The largest absolute Gasteiger partial charge is 0.494 e. The van der Waals surface area contributed by atoms with E-state index in [1.807, 2.05) is 36.4 Å². The van der Waals surface area contributed by atoms with Crippen molar-refractivity contribution in [2.75, 3.05) is 17.7 Å². The standard InChI is InChI=1S/C26H20ClN3O3S/c1-33-23-15-19(12-13-22(23)29-25(32)20-8-4-5-9-21(20)27)28-26(34)30-24(31)18-11-10-16-6-2-3-7-17(16)14-18/h2-15H,1H3,(H,29,32)(H2,28,30,31,34). The lowest BCUT2D eigenvalue weighted by Gasteiger charge is -2.14. The fourth-order valence-corrected chi connectivity index (χ4v) is 3.81. The molecule has 6 nitrogen and oxygen atoms in total. The van der Waals surface area contributed by atoms with Gasteiger partial charge in [-0.25, -0.2) is 0 Å². The van der Waals surface area contributed by atoms with E-state index in [1.54, 1.807) is 48.5 Å². The number of hydrogen-bond acceptors (Lipinski definition) is 4. The van der Waals surface area contributed by atoms with Gasteiger partial charge in [-0.2, -0.15) is 0 Å². The van der Waals surface area contributed by atoms with Crippen LogP contribution in [0.2, 0.25) is 5.02 Å². The summed E-state index contributed by atoms with van der Waals surface area (Å²) in [5.74, 6) is -0.268. The Morgan fingerprint density at radius 2 is 1.56 bits per heavy atom. The maximum Gasteiger partial charge on any atom is 0.257 e. The fraction of sp³-hybridized carbons (Fsp3) is 0.0385. The van der Waals surface area contributed by atoms with Crippen LogP contribution in [0, 0.1) is 0 Å². The minimum Gasteiger partial charge on any atom is -0.494 e. The highest BCUT2D eigenvalue weighted by molar-refractivity contribution is 7.80. The molecule has 170 valence electrons. The summed E-state index contributed by atoms with van der Waals surface area (Å²) in [5.41, 5.74) is 1.89. The van der Waals surface area contributed by atoms with E-state index in [-0.39, 0.29) is 16.9 Å². The Balaban J connectivity index is 1.43. The summed E-state index contributed by atoms with van der Waals surface area (Å²) < 4.78 is 5.41. The van der Waals surface area contributed by atoms with Gasteiger partial charge in [-0.15, -0.1) is 0 Å². The fourth-order valence-electron chi connectivity index (χ4n) is 3.38. The topological polar surface area (TPSA) is 79.5 Å². The molecule has 0 aromatic heterocycles. The number of methoxy groups -OCH3 is 1. The minimum absolute atomic E-state index is 0.132. The van der Waals surface area contributed by atoms with Crippen molar-refractivity contribution in [2.24, 2.45) is 0 Å². The third kappa shape index (κ3) is 5.33. The zero-order valence-electron chi connectivity index (χ0n) is 18.1. The Bertz CT molecular complexity index is 1410. The highest BCUT2D eigenvalue weighted by Crippen LogP contribution is 2.29. The van der Waals surface area contributed by atoms with Crippen LogP contribution in [0.4, 0.5) is 11.4 Å². The number of nitrogens with one attached hydrogen (secondary N) is 3. The molecular weight excluding hydrogens is 470 g/mol. The van der Waals surface area contributed by atoms with E-state index in [4.69, 9.17) is 28.6 Å². The van der Waals surface area contributed by atoms with Crippen LogP contribution in [0.5, 0.6) is 5.75 Å². The molecule has 0 unspecified atom stereocenters. The molecule has 4 rings (SSSR count). The van der Waals surface area contributed by atoms with Crippen molar-refractivity contribution < 1.29 is 14.3 Å². The van der Waals surface area contributed by atoms with Gasteiger partial charge in [0.25, 0.3) is 11.8 Å². The van der Waals surface area contributed by atoms with Gasteiger partial charge >= 0.3 is 0 Å². The Hall–Kier alpha value is -3.94. The van der Waals surface area contributed by atoms with Gasteiger partial charge in [0.15, 0.2) is 5.11 Å². The first-order chi connectivity index (χ1) is 16.4. The van der Waals surface area contributed by atoms with Gasteiger partial charge in [0.2, 0.25) is 0 Å². The van der Waals surface area contributed by atoms with Crippen molar-refractivity contribution >= 4 is 62.9 Å². The van der Waals surface area contributed by atoms with Crippen molar-refractivity contribution in [1.29, 1.82) is 0 Å². The van der Waals surface area contributed by atoms with Gasteiger partial charge in [-0.3, -0.25) is 14.9 Å². The summed E-state index contributed by atoms with van der Waals surface area (Å²) >= 11 is 11.4. The number of hydrogen-bond donors (Lipinski definition) is 3. The Morgan fingerprint density at radius 3 is 2.32 bits per heavy atom. The number of carbonyl (C=O) groups is 2. The number of ether oxygens (including phenoxy) is 1. The van der Waals surface area contributed by atoms with Crippen LogP contribution in [0.15, 0.2) is 84.9 Å². The lowest BCUT2D eigenvalue weighted by molar-refractivity contribution is 0.0976. The summed E-state index contributed by atoms with van der Waals surface area (Å²) in [4.78, 5) is 25.2. The van der Waals surface area contributed by atoms with Crippen molar-refractivity contribution in [1.82, 2.24) is 5.32 Å². The second-order valence-electron chi connectivity index (χ2n) is 7.32. The van der Waals surface area contributed by atoms with Crippen LogP contribution >= 0.6 is 23.8 Å². The van der Waals surface area contributed by atoms with Gasteiger partial charge in [-0.05, 0) is 59.4 Å². The first-order valence-corrected chi connectivity index (χ1v) is 11.1. The molecular formula is C26H20ClN3O3S. The third-order valence-electron chi connectivity index (χ3n) is 5.06. The van der Waals surface area contributed by atoms with Gasteiger partial charge < -0.3 is 15.4 Å². The maximum absolute atomic E-state index is 12.6. The molecule has 4 aromatic carbocycles. The van der Waals surface area contributed by atoms with Crippen LogP contribution in [-0.4, -0.2) is 24.0 Å². The molecule has 0 heterocycles. The third-order valence-corrected chi connectivity index (χ3v) is 5.60. The molecule has 0 aliphatic rings. The number of amides is 2. The first-order valence-electron chi connectivity index (χ1n) is 10.3. The van der Waals surface area contributed by atoms with Crippen LogP contribution < -0.4 is 20.7 Å². The highest BCUT2D eigenvalue weighted by Gasteiger charge is 2.14. The number of halogens is 1. The molecule has 8 heteroatoms. The molecule has 0 saturated heterocycles. The molecule has 0 radical (unpaired) electrons. The molecule has 0 fully saturated rings. The molecule has 4 aromatic rings. The molecule has 0 atom stereocenters. The summed E-state index contributed by atoms with van der Waals surface area (Å²) in [6, 6.07) is 25.1. The number of fused-ring (bicyclic) bond motifs is 1. The average Bonchev–Trinajstić information content (AvgIpc) is 2.84. The summed E-state index contributed by atoms with van der Waals surface area (Å²) in [6.45, 7) is 0. The summed E-state index contributed by atoms with van der Waals surface area (Å²) in [7, 11) is 1.49. The Morgan fingerprint density at radius 1 is 0.824 bits per heavy atom. The zero-order chi connectivity index (χ0) is 24.1. The molecule has 34 heavy (non-hydrogen) atoms. The van der Waals surface area contributed by atoms with Crippen LogP contribution in [-0.2, 0) is 0 Å². The predicted octanol–water partition coefficient (Wildman–Crippen LogP) is 5.88. The van der Waals surface area contributed by atoms with E-state index >= 15 is 0 Å². The quantitative estimate of drug-likeness (QED) is 0.305. The smallest absolute Gasteiger partial charge is 0.257 e. The summed E-state index contributed by atoms with van der Waals surface area (Å²) in [6.07, 6.45) is 0. The molecule has 3 N–H and O–H groups in total. The lowest BCUT2D eigenvalue weighted by atomic mass is 10.1. The number of anilines is 2. The van der Waals surface area contributed by atoms with E-state index in [1.165, 1.54) is 7.11 Å². The van der Waals surface area contributed by atoms with E-state index in [0.717, 1.165) is 10.8 Å². The SMILES string of the molecule is COc1cc(NC(=S)NC(=O)c2ccc3ccccc3c2)ccc1NC(=O)c1ccccc1Cl. The Kier molecular flexibility index (Phi) is 7.06. The predicted molar refractivity (Wildman–Crippen MR) is 140 cm³/mol. The van der Waals surface area contributed by atoms with E-state index in [2.05, 4.69) is 16.0 Å². The summed E-state index contributed by atoms with van der Waals surface area (Å²) in [5, 5.41) is 10.9. The molecule has 0 aliphatic carbocycles. The molecule has 0 aliphatic heterocycles. The van der Waals surface area contributed by atoms with E-state index in [9.17, 15) is 9.59 Å². The van der Waals surface area contributed by atoms with Gasteiger partial charge in [-0.1, -0.05) is 54.1 Å². The maximum atomic E-state index is 12.6. The van der Waals surface area contributed by atoms with Crippen molar-refractivity contribution in [3.05, 3.63) is 101 Å². The minimum atomic E-state index is -0.359. The second kappa shape index (κ2) is 10.3. The highest BCUT2D eigenvalue weighted by atomic mass is 35.5. The number of rotatable bonds is 5. The molecule has 0 bridgehead atoms. The first kappa shape index (κ1) is 23.2. The number of thiocarbonyl (C=S) groups is 1. The average molecular weight is 490 g/mol. The van der Waals surface area contributed by atoms with Crippen molar-refractivity contribution in [2.45, 2.75) is 0 Å². The monoisotopic (exact) mass is 489 g/mol. The van der Waals surface area contributed by atoms with Gasteiger partial charge in [0.05, 0.1) is 23.4 Å². The van der Waals surface area contributed by atoms with Crippen molar-refractivity contribution in [3.63, 3.8) is 0 Å². The van der Waals surface area contributed by atoms with Gasteiger partial charge in [0, 0.05) is 17.3 Å². The zero-order valence-corrected chi connectivity index (χ0v) is 19.7. The van der Waals surface area contributed by atoms with Crippen LogP contribution in [0.1, 0.15) is 20.7 Å². The lowest BCUT2D eigenvalue weighted by Crippen LogP contribution is -2.34. The van der Waals surface area contributed by atoms with Crippen LogP contribution in [0.25, 0.3) is 10.8 Å². The normalized spacial score (nSPS) is 10.4. The van der Waals surface area contributed by atoms with Gasteiger partial charge in [0.1, 0.15) is 5.75 Å². The molecule has 2 amide bonds. The van der Waals surface area contributed by atoms with E-state index < -0.39 is 0 Å². The van der Waals surface area contributed by atoms with Crippen molar-refractivity contribution in [3.8, 4) is 5.75 Å². The second-order valence-corrected chi connectivity index (χ2v) is 8.13. The number of carbonyl (C=O) groups excluding carboxylic acids is 2. The Labute approximate surface area is 206 Å². The number of benzene rings is 4. The molecule has 0 saturated carbocycles. The van der Waals surface area contributed by atoms with Crippen LogP contribution in [0.3, 0.4) is 0 Å². The molecule has 0 spiro atoms.